The Labute approximate surface area is 241 Å². The number of benzene rings is 2. The van der Waals surface area contributed by atoms with Crippen LogP contribution in [0.25, 0.3) is 0 Å². The fourth-order valence-electron chi connectivity index (χ4n) is 6.11. The number of aliphatic hydroxyl groups is 3. The number of aliphatic hydroxyl groups excluding tert-OH is 3. The minimum Gasteiger partial charge on any atom is -0.497 e. The van der Waals surface area contributed by atoms with E-state index in [2.05, 4.69) is 44.4 Å². The first-order valence-corrected chi connectivity index (χ1v) is 13.8. The second kappa shape index (κ2) is 10.6. The number of hydrogen-bond donors (Lipinski definition) is 3. The maximum absolute atomic E-state index is 10.3. The number of fused-ring (bicyclic) bond motifs is 1. The Balaban J connectivity index is 1.15. The lowest BCUT2D eigenvalue weighted by molar-refractivity contribution is -0.214. The van der Waals surface area contributed by atoms with Crippen LogP contribution in [0.3, 0.4) is 0 Å². The van der Waals surface area contributed by atoms with Crippen molar-refractivity contribution in [3.05, 3.63) is 95.6 Å². The normalized spacial score (nSPS) is 28.4. The molecule has 0 saturated carbocycles. The summed E-state index contributed by atoms with van der Waals surface area (Å²) >= 11 is 0. The maximum Gasteiger partial charge on any atom is 0.180 e. The molecule has 7 rings (SSSR count). The third-order valence-electron chi connectivity index (χ3n) is 8.25. The Morgan fingerprint density at radius 1 is 1.02 bits per heavy atom. The zero-order chi connectivity index (χ0) is 28.8. The molecular formula is C30H31N5O7. The van der Waals surface area contributed by atoms with Gasteiger partial charge >= 0.3 is 0 Å². The highest BCUT2D eigenvalue weighted by Crippen LogP contribution is 2.47. The number of oxime groups is 1. The summed E-state index contributed by atoms with van der Waals surface area (Å²) in [5.41, 5.74) is 3.76. The van der Waals surface area contributed by atoms with Crippen molar-refractivity contribution in [3.8, 4) is 11.5 Å². The molecule has 2 aromatic heterocycles. The lowest BCUT2D eigenvalue weighted by Gasteiger charge is -2.34. The highest BCUT2D eigenvalue weighted by Gasteiger charge is 2.54. The van der Waals surface area contributed by atoms with E-state index < -0.39 is 30.1 Å². The van der Waals surface area contributed by atoms with Crippen molar-refractivity contribution in [2.75, 3.05) is 13.7 Å². The van der Waals surface area contributed by atoms with Crippen molar-refractivity contribution < 1.29 is 34.4 Å². The van der Waals surface area contributed by atoms with Crippen LogP contribution in [0.2, 0.25) is 0 Å². The van der Waals surface area contributed by atoms with Gasteiger partial charge in [0.2, 0.25) is 0 Å². The number of aromatic nitrogens is 4. The molecule has 218 valence electrons. The number of methoxy groups -OCH3 is 1. The lowest BCUT2D eigenvalue weighted by Crippen LogP contribution is -2.50. The van der Waals surface area contributed by atoms with Gasteiger partial charge in [-0.25, -0.2) is 4.68 Å². The third-order valence-corrected chi connectivity index (χ3v) is 8.25. The molecule has 3 N–H and O–H groups in total. The predicted molar refractivity (Wildman–Crippen MR) is 148 cm³/mol. The first-order valence-electron chi connectivity index (χ1n) is 13.8. The van der Waals surface area contributed by atoms with Crippen molar-refractivity contribution in [1.29, 1.82) is 0 Å². The van der Waals surface area contributed by atoms with Crippen molar-refractivity contribution >= 4 is 5.71 Å². The van der Waals surface area contributed by atoms with Crippen LogP contribution in [0, 0.1) is 0 Å². The Morgan fingerprint density at radius 2 is 1.86 bits per heavy atom. The molecule has 12 nitrogen and oxygen atoms in total. The van der Waals surface area contributed by atoms with E-state index in [-0.39, 0.29) is 19.1 Å². The van der Waals surface area contributed by atoms with Crippen LogP contribution in [-0.2, 0) is 29.1 Å². The predicted octanol–water partition coefficient (Wildman–Crippen LogP) is 1.79. The SMILES string of the molecule is COc1ccc(C2C(c3ccccc3OCc3cn([C@H]4OC[C@H](O)[C@H](O)[C@H]4O)nn3)=NOC23Cc2cccn2C3)cc1. The number of para-hydroxylation sites is 1. The van der Waals surface area contributed by atoms with Gasteiger partial charge in [0.25, 0.3) is 0 Å². The zero-order valence-corrected chi connectivity index (χ0v) is 22.9. The minimum absolute atomic E-state index is 0.0863. The average molecular weight is 574 g/mol. The smallest absolute Gasteiger partial charge is 0.180 e. The molecule has 4 aromatic rings. The molecule has 12 heteroatoms. The first kappa shape index (κ1) is 26.7. The average Bonchev–Trinajstić information content (AvgIpc) is 3.80. The molecule has 1 fully saturated rings. The number of ether oxygens (including phenoxy) is 3. The topological polar surface area (TPSA) is 146 Å². The van der Waals surface area contributed by atoms with Gasteiger partial charge in [-0.05, 0) is 42.0 Å². The Bertz CT molecular complexity index is 1580. The summed E-state index contributed by atoms with van der Waals surface area (Å²) in [6.45, 7) is 0.628. The Morgan fingerprint density at radius 3 is 2.67 bits per heavy atom. The molecule has 0 radical (unpaired) electrons. The molecular weight excluding hydrogens is 542 g/mol. The van der Waals surface area contributed by atoms with Crippen LogP contribution in [0.1, 0.15) is 34.7 Å². The molecule has 42 heavy (non-hydrogen) atoms. The Hall–Kier alpha value is -4.23. The van der Waals surface area contributed by atoms with E-state index in [1.54, 1.807) is 13.3 Å². The second-order valence-electron chi connectivity index (χ2n) is 10.9. The van der Waals surface area contributed by atoms with E-state index in [1.165, 1.54) is 10.4 Å². The second-order valence-corrected chi connectivity index (χ2v) is 10.9. The molecule has 2 aromatic carbocycles. The van der Waals surface area contributed by atoms with Gasteiger partial charge in [-0.15, -0.1) is 5.10 Å². The summed E-state index contributed by atoms with van der Waals surface area (Å²) < 4.78 is 20.7. The van der Waals surface area contributed by atoms with Gasteiger partial charge in [-0.3, -0.25) is 0 Å². The summed E-state index contributed by atoms with van der Waals surface area (Å²) in [6, 6.07) is 19.9. The molecule has 2 unspecified atom stereocenters. The van der Waals surface area contributed by atoms with Crippen LogP contribution >= 0.6 is 0 Å². The summed E-state index contributed by atoms with van der Waals surface area (Å²) in [5, 5.41) is 43.0. The number of hydrogen-bond acceptors (Lipinski definition) is 10. The number of rotatable bonds is 7. The van der Waals surface area contributed by atoms with Gasteiger partial charge in [0.1, 0.15) is 47.8 Å². The third kappa shape index (κ3) is 4.52. The summed E-state index contributed by atoms with van der Waals surface area (Å²) in [7, 11) is 1.65. The van der Waals surface area contributed by atoms with E-state index >= 15 is 0 Å². The van der Waals surface area contributed by atoms with Gasteiger partial charge in [-0.1, -0.05) is 34.6 Å². The number of nitrogens with zero attached hydrogens (tertiary/aromatic N) is 5. The van der Waals surface area contributed by atoms with Crippen LogP contribution in [0.5, 0.6) is 11.5 Å². The van der Waals surface area contributed by atoms with Crippen LogP contribution in [-0.4, -0.2) is 78.2 Å². The standard InChI is InChI=1S/C30H31N5O7/c1-39-21-10-8-18(9-11-21)25-26(32-42-30(25)13-20-5-4-12-34(20)17-30)22-6-2-3-7-24(22)40-15-19-14-35(33-31-19)29-28(38)27(37)23(36)16-41-29/h2-12,14,23,25,27-29,36-38H,13,15-17H2,1H3/t23-,25?,27-,28+,29-,30?/m0/s1. The molecule has 0 amide bonds. The van der Waals surface area contributed by atoms with Crippen molar-refractivity contribution in [1.82, 2.24) is 19.6 Å². The van der Waals surface area contributed by atoms with Crippen molar-refractivity contribution in [3.63, 3.8) is 0 Å². The maximum atomic E-state index is 10.3. The van der Waals surface area contributed by atoms with Crippen LogP contribution in [0.15, 0.2) is 78.2 Å². The van der Waals surface area contributed by atoms with E-state index in [0.29, 0.717) is 18.0 Å². The van der Waals surface area contributed by atoms with Crippen molar-refractivity contribution in [2.45, 2.75) is 55.6 Å². The molecule has 6 atom stereocenters. The van der Waals surface area contributed by atoms with Crippen LogP contribution in [0.4, 0.5) is 0 Å². The molecule has 1 spiro atoms. The molecule has 3 aliphatic rings. The van der Waals surface area contributed by atoms with E-state index in [9.17, 15) is 15.3 Å². The first-order chi connectivity index (χ1) is 20.5. The summed E-state index contributed by atoms with van der Waals surface area (Å²) in [5.74, 6) is 1.22. The lowest BCUT2D eigenvalue weighted by atomic mass is 9.76. The minimum atomic E-state index is -1.36. The van der Waals surface area contributed by atoms with Gasteiger partial charge in [0.05, 0.1) is 32.4 Å². The fraction of sp³-hybridized carbons (Fsp3) is 0.367. The van der Waals surface area contributed by atoms with Crippen molar-refractivity contribution in [2.24, 2.45) is 5.16 Å². The zero-order valence-electron chi connectivity index (χ0n) is 22.9. The fourth-order valence-corrected chi connectivity index (χ4v) is 6.11. The van der Waals surface area contributed by atoms with Gasteiger partial charge in [0, 0.05) is 23.9 Å². The van der Waals surface area contributed by atoms with E-state index in [0.717, 1.165) is 29.0 Å². The largest absolute Gasteiger partial charge is 0.497 e. The quantitative estimate of drug-likeness (QED) is 0.301. The van der Waals surface area contributed by atoms with Gasteiger partial charge < -0.3 is 38.9 Å². The molecule has 0 bridgehead atoms. The van der Waals surface area contributed by atoms with Gasteiger partial charge in [-0.2, -0.15) is 0 Å². The Kier molecular flexibility index (Phi) is 6.70. The summed E-state index contributed by atoms with van der Waals surface area (Å²) in [4.78, 5) is 6.33. The summed E-state index contributed by atoms with van der Waals surface area (Å²) in [6.07, 6.45) is -0.479. The van der Waals surface area contributed by atoms with Crippen LogP contribution < -0.4 is 9.47 Å². The van der Waals surface area contributed by atoms with E-state index in [4.69, 9.17) is 19.0 Å². The molecule has 1 saturated heterocycles. The highest BCUT2D eigenvalue weighted by molar-refractivity contribution is 6.08. The molecule has 5 heterocycles. The highest BCUT2D eigenvalue weighted by atomic mass is 16.7. The molecule has 3 aliphatic heterocycles. The monoisotopic (exact) mass is 573 g/mol. The molecule has 0 aliphatic carbocycles. The van der Waals surface area contributed by atoms with E-state index in [1.807, 2.05) is 42.5 Å². The van der Waals surface area contributed by atoms with Gasteiger partial charge in [0.15, 0.2) is 11.8 Å².